The summed E-state index contributed by atoms with van der Waals surface area (Å²) in [7, 11) is 2.23. The molecular formula is C10H19F3S2. The minimum absolute atomic E-state index is 0.153. The third kappa shape index (κ3) is 6.61. The quantitative estimate of drug-likeness (QED) is 0.630. The van der Waals surface area contributed by atoms with E-state index >= 15 is 0 Å². The van der Waals surface area contributed by atoms with Gasteiger partial charge in [0.2, 0.25) is 0 Å². The van der Waals surface area contributed by atoms with Gasteiger partial charge in [-0.05, 0) is 5.41 Å². The van der Waals surface area contributed by atoms with E-state index in [1.165, 1.54) is 10.8 Å². The fourth-order valence-corrected chi connectivity index (χ4v) is 4.01. The summed E-state index contributed by atoms with van der Waals surface area (Å²) in [6.07, 6.45) is -4.14. The molecule has 0 spiro atoms. The van der Waals surface area contributed by atoms with Gasteiger partial charge in [0.05, 0.1) is 0 Å². The Bertz CT molecular complexity index is 184. The van der Waals surface area contributed by atoms with Gasteiger partial charge in [-0.15, -0.1) is 0 Å². The Labute approximate surface area is 98.2 Å². The van der Waals surface area contributed by atoms with Crippen LogP contribution in [0.2, 0.25) is 0 Å². The highest BCUT2D eigenvalue weighted by atomic mass is 33.1. The van der Waals surface area contributed by atoms with Crippen molar-refractivity contribution in [3.8, 4) is 0 Å². The van der Waals surface area contributed by atoms with Crippen molar-refractivity contribution in [1.82, 2.24) is 0 Å². The lowest BCUT2D eigenvalue weighted by molar-refractivity contribution is -0.145. The van der Waals surface area contributed by atoms with E-state index in [4.69, 9.17) is 0 Å². The Kier molecular flexibility index (Phi) is 4.93. The summed E-state index contributed by atoms with van der Waals surface area (Å²) in [4.78, 5) is 0. The molecule has 1 unspecified atom stereocenters. The van der Waals surface area contributed by atoms with Crippen LogP contribution in [-0.2, 0) is 0 Å². The molecule has 0 aromatic heterocycles. The Morgan fingerprint density at radius 3 is 1.47 bits per heavy atom. The lowest BCUT2D eigenvalue weighted by Gasteiger charge is -2.33. The van der Waals surface area contributed by atoms with Gasteiger partial charge in [-0.3, -0.25) is 0 Å². The first-order valence-corrected chi connectivity index (χ1v) is 6.96. The predicted molar refractivity (Wildman–Crippen MR) is 64.2 cm³/mol. The van der Waals surface area contributed by atoms with Crippen LogP contribution in [0.1, 0.15) is 41.5 Å². The maximum Gasteiger partial charge on any atom is 0.401 e. The van der Waals surface area contributed by atoms with E-state index < -0.39 is 16.8 Å². The number of hydrogen-bond acceptors (Lipinski definition) is 2. The molecule has 0 aromatic rings. The number of alkyl halides is 3. The Morgan fingerprint density at radius 2 is 1.27 bits per heavy atom. The zero-order valence-electron chi connectivity index (χ0n) is 10.0. The van der Waals surface area contributed by atoms with E-state index in [0.29, 0.717) is 0 Å². The number of halogens is 3. The summed E-state index contributed by atoms with van der Waals surface area (Å²) < 4.78 is 38.1. The second kappa shape index (κ2) is 4.78. The van der Waals surface area contributed by atoms with Crippen molar-refractivity contribution in [3.05, 3.63) is 0 Å². The average Bonchev–Trinajstić information content (AvgIpc) is 1.75. The standard InChI is InChI=1S/C10H19F3S2/c1-8(2,3)7(10(11,12)13)14-15-9(4,5)6/h7H,1-6H3. The van der Waals surface area contributed by atoms with Crippen LogP contribution in [0.5, 0.6) is 0 Å². The molecule has 0 aliphatic carbocycles. The van der Waals surface area contributed by atoms with Crippen LogP contribution in [0.3, 0.4) is 0 Å². The van der Waals surface area contributed by atoms with Crippen LogP contribution in [0.15, 0.2) is 0 Å². The molecule has 15 heavy (non-hydrogen) atoms. The molecule has 0 saturated carbocycles. The molecule has 1 atom stereocenters. The second-order valence-electron chi connectivity index (χ2n) is 5.58. The normalized spacial score (nSPS) is 16.6. The molecule has 0 rings (SSSR count). The van der Waals surface area contributed by atoms with Crippen LogP contribution >= 0.6 is 21.6 Å². The Balaban J connectivity index is 4.56. The molecule has 0 aliphatic heterocycles. The van der Waals surface area contributed by atoms with Crippen molar-refractivity contribution in [2.75, 3.05) is 0 Å². The van der Waals surface area contributed by atoms with Crippen molar-refractivity contribution in [2.24, 2.45) is 5.41 Å². The maximum atomic E-state index is 12.8. The monoisotopic (exact) mass is 260 g/mol. The van der Waals surface area contributed by atoms with E-state index in [0.717, 1.165) is 10.8 Å². The second-order valence-corrected chi connectivity index (χ2v) is 8.71. The van der Waals surface area contributed by atoms with Crippen LogP contribution < -0.4 is 0 Å². The largest absolute Gasteiger partial charge is 0.401 e. The molecule has 0 N–H and O–H groups in total. The molecule has 0 heterocycles. The minimum Gasteiger partial charge on any atom is -0.170 e. The number of hydrogen-bond donors (Lipinski definition) is 0. The Hall–Kier alpha value is 0.490. The fraction of sp³-hybridized carbons (Fsp3) is 1.00. The van der Waals surface area contributed by atoms with Gasteiger partial charge in [0, 0.05) is 4.75 Å². The first-order chi connectivity index (χ1) is 6.34. The van der Waals surface area contributed by atoms with Crippen molar-refractivity contribution in [3.63, 3.8) is 0 Å². The van der Waals surface area contributed by atoms with Crippen molar-refractivity contribution >= 4 is 21.6 Å². The van der Waals surface area contributed by atoms with E-state index in [2.05, 4.69) is 0 Å². The highest BCUT2D eigenvalue weighted by Crippen LogP contribution is 2.49. The summed E-state index contributed by atoms with van der Waals surface area (Å²) in [5.74, 6) is 0. The van der Waals surface area contributed by atoms with E-state index in [9.17, 15) is 13.2 Å². The van der Waals surface area contributed by atoms with Crippen LogP contribution in [0, 0.1) is 5.41 Å². The van der Waals surface area contributed by atoms with Gasteiger partial charge in [-0.25, -0.2) is 0 Å². The maximum absolute atomic E-state index is 12.8. The molecule has 0 nitrogen and oxygen atoms in total. The third-order valence-electron chi connectivity index (χ3n) is 1.48. The topological polar surface area (TPSA) is 0 Å². The molecule has 92 valence electrons. The first-order valence-electron chi connectivity index (χ1n) is 4.75. The van der Waals surface area contributed by atoms with Crippen molar-refractivity contribution < 1.29 is 13.2 Å². The van der Waals surface area contributed by atoms with Gasteiger partial charge in [-0.2, -0.15) is 13.2 Å². The van der Waals surface area contributed by atoms with Gasteiger partial charge >= 0.3 is 6.18 Å². The predicted octanol–water partition coefficient (Wildman–Crippen LogP) is 5.14. The van der Waals surface area contributed by atoms with Crippen LogP contribution in [-0.4, -0.2) is 16.2 Å². The molecule has 0 bridgehead atoms. The first kappa shape index (κ1) is 15.5. The highest BCUT2D eigenvalue weighted by Gasteiger charge is 2.47. The lowest BCUT2D eigenvalue weighted by Crippen LogP contribution is -2.37. The van der Waals surface area contributed by atoms with Gasteiger partial charge < -0.3 is 0 Å². The van der Waals surface area contributed by atoms with E-state index in [1.807, 2.05) is 20.8 Å². The minimum atomic E-state index is -4.14. The highest BCUT2D eigenvalue weighted by molar-refractivity contribution is 8.77. The summed E-state index contributed by atoms with van der Waals surface area (Å²) in [5.41, 5.74) is -0.763. The number of rotatable bonds is 2. The molecule has 0 saturated heterocycles. The summed E-state index contributed by atoms with van der Waals surface area (Å²) in [6, 6.07) is 0. The molecule has 5 heteroatoms. The molecule has 0 aliphatic rings. The third-order valence-corrected chi connectivity index (χ3v) is 5.61. The molecule has 0 aromatic carbocycles. The lowest BCUT2D eigenvalue weighted by atomic mass is 9.91. The van der Waals surface area contributed by atoms with Gasteiger partial charge in [0.25, 0.3) is 0 Å². The Morgan fingerprint density at radius 1 is 0.867 bits per heavy atom. The van der Waals surface area contributed by atoms with E-state index in [-0.39, 0.29) is 4.75 Å². The van der Waals surface area contributed by atoms with Crippen molar-refractivity contribution in [2.45, 2.75) is 57.7 Å². The van der Waals surface area contributed by atoms with Crippen LogP contribution in [0.25, 0.3) is 0 Å². The van der Waals surface area contributed by atoms with Gasteiger partial charge in [0.15, 0.2) is 0 Å². The molecule has 0 radical (unpaired) electrons. The van der Waals surface area contributed by atoms with Crippen LogP contribution in [0.4, 0.5) is 13.2 Å². The average molecular weight is 260 g/mol. The van der Waals surface area contributed by atoms with Gasteiger partial charge in [0.1, 0.15) is 5.25 Å². The molecule has 0 fully saturated rings. The zero-order chi connectivity index (χ0) is 12.5. The molecule has 0 amide bonds. The fourth-order valence-electron chi connectivity index (χ4n) is 0.882. The smallest absolute Gasteiger partial charge is 0.170 e. The van der Waals surface area contributed by atoms with Crippen molar-refractivity contribution in [1.29, 1.82) is 0 Å². The van der Waals surface area contributed by atoms with E-state index in [1.54, 1.807) is 20.8 Å². The van der Waals surface area contributed by atoms with Gasteiger partial charge in [-0.1, -0.05) is 63.1 Å². The summed E-state index contributed by atoms with van der Waals surface area (Å²) in [6.45, 7) is 10.6. The zero-order valence-corrected chi connectivity index (χ0v) is 11.7. The molecular weight excluding hydrogens is 241 g/mol. The summed E-state index contributed by atoms with van der Waals surface area (Å²) in [5, 5.41) is -1.32. The SMILES string of the molecule is CC(C)(C)SSC(C(C)(C)C)C(F)(F)F. The summed E-state index contributed by atoms with van der Waals surface area (Å²) >= 11 is 0.